The third-order valence-corrected chi connectivity index (χ3v) is 5.59. The summed E-state index contributed by atoms with van der Waals surface area (Å²) in [7, 11) is 0. The molecule has 0 spiro atoms. The average molecular weight is 358 g/mol. The lowest BCUT2D eigenvalue weighted by atomic mass is 9.90. The summed E-state index contributed by atoms with van der Waals surface area (Å²) in [5, 5.41) is 4.27. The number of halogens is 2. The summed E-state index contributed by atoms with van der Waals surface area (Å²) in [4.78, 5) is 2.67. The van der Waals surface area contributed by atoms with E-state index in [0.29, 0.717) is 6.04 Å². The molecule has 2 nitrogen and oxygen atoms in total. The molecule has 2 fully saturated rings. The minimum absolute atomic E-state index is 0.547. The first-order valence-electron chi connectivity index (χ1n) is 7.65. The molecule has 0 bridgehead atoms. The maximum Gasteiger partial charge on any atom is 0.0417 e. The van der Waals surface area contributed by atoms with Crippen LogP contribution in [-0.4, -0.2) is 31.1 Å². The van der Waals surface area contributed by atoms with Gasteiger partial charge in [0.15, 0.2) is 0 Å². The third-order valence-electron chi connectivity index (χ3n) is 4.67. The molecule has 0 unspecified atom stereocenters. The Kier molecular flexibility index (Phi) is 5.03. The molecular weight excluding hydrogens is 336 g/mol. The standard InChI is InChI=1S/C16H22BrClN2/c17-15-11-13(18)5-6-14(15)16(12-3-1-2-4-12)20-9-7-19-8-10-20/h5-6,11-12,16,19H,1-4,7-10H2/t16-/m0/s1. The van der Waals surface area contributed by atoms with Crippen LogP contribution in [-0.2, 0) is 0 Å². The SMILES string of the molecule is Clc1ccc([C@H](C2CCCC2)N2CCNCC2)c(Br)c1. The largest absolute Gasteiger partial charge is 0.314 e. The van der Waals surface area contributed by atoms with E-state index in [1.165, 1.54) is 35.7 Å². The summed E-state index contributed by atoms with van der Waals surface area (Å²) >= 11 is 9.85. The van der Waals surface area contributed by atoms with E-state index < -0.39 is 0 Å². The van der Waals surface area contributed by atoms with Gasteiger partial charge < -0.3 is 5.32 Å². The predicted molar refractivity (Wildman–Crippen MR) is 88.3 cm³/mol. The molecule has 1 saturated heterocycles. The van der Waals surface area contributed by atoms with Gasteiger partial charge in [0.2, 0.25) is 0 Å². The highest BCUT2D eigenvalue weighted by molar-refractivity contribution is 9.10. The molecule has 3 rings (SSSR count). The van der Waals surface area contributed by atoms with Crippen molar-refractivity contribution in [3.05, 3.63) is 33.3 Å². The second-order valence-electron chi connectivity index (χ2n) is 5.94. The fraction of sp³-hybridized carbons (Fsp3) is 0.625. The van der Waals surface area contributed by atoms with Crippen LogP contribution in [0.4, 0.5) is 0 Å². The van der Waals surface area contributed by atoms with Crippen LogP contribution in [0.5, 0.6) is 0 Å². The first-order valence-corrected chi connectivity index (χ1v) is 8.82. The summed E-state index contributed by atoms with van der Waals surface area (Å²) in [6.07, 6.45) is 5.50. The zero-order valence-electron chi connectivity index (χ0n) is 11.7. The summed E-state index contributed by atoms with van der Waals surface area (Å²) in [6, 6.07) is 6.84. The molecule has 1 saturated carbocycles. The van der Waals surface area contributed by atoms with E-state index in [2.05, 4.69) is 32.2 Å². The van der Waals surface area contributed by atoms with E-state index in [1.54, 1.807) is 0 Å². The molecular formula is C16H22BrClN2. The van der Waals surface area contributed by atoms with E-state index in [-0.39, 0.29) is 0 Å². The predicted octanol–water partition coefficient (Wildman–Crippen LogP) is 4.24. The monoisotopic (exact) mass is 356 g/mol. The molecule has 4 heteroatoms. The van der Waals surface area contributed by atoms with E-state index in [0.717, 1.165) is 37.1 Å². The van der Waals surface area contributed by atoms with Crippen molar-refractivity contribution in [3.8, 4) is 0 Å². The zero-order chi connectivity index (χ0) is 13.9. The molecule has 20 heavy (non-hydrogen) atoms. The van der Waals surface area contributed by atoms with Crippen molar-refractivity contribution >= 4 is 27.5 Å². The molecule has 1 aromatic rings. The van der Waals surface area contributed by atoms with Crippen LogP contribution < -0.4 is 5.32 Å². The van der Waals surface area contributed by atoms with Gasteiger partial charge in [0.25, 0.3) is 0 Å². The van der Waals surface area contributed by atoms with E-state index in [1.807, 2.05) is 12.1 Å². The summed E-state index contributed by atoms with van der Waals surface area (Å²) in [5.74, 6) is 0.797. The second kappa shape index (κ2) is 6.78. The first-order chi connectivity index (χ1) is 9.75. The average Bonchev–Trinajstić information content (AvgIpc) is 2.97. The van der Waals surface area contributed by atoms with E-state index in [4.69, 9.17) is 11.6 Å². The Bertz CT molecular complexity index is 454. The van der Waals surface area contributed by atoms with Gasteiger partial charge in [-0.3, -0.25) is 4.90 Å². The molecule has 0 radical (unpaired) electrons. The highest BCUT2D eigenvalue weighted by Gasteiger charge is 2.32. The van der Waals surface area contributed by atoms with Gasteiger partial charge in [0.05, 0.1) is 0 Å². The van der Waals surface area contributed by atoms with Gasteiger partial charge in [-0.25, -0.2) is 0 Å². The van der Waals surface area contributed by atoms with Crippen LogP contribution in [0.25, 0.3) is 0 Å². The maximum absolute atomic E-state index is 6.11. The normalized spacial score (nSPS) is 23.1. The Morgan fingerprint density at radius 3 is 2.55 bits per heavy atom. The Labute approximate surface area is 135 Å². The lowest BCUT2D eigenvalue weighted by Crippen LogP contribution is -2.46. The van der Waals surface area contributed by atoms with Crippen molar-refractivity contribution < 1.29 is 0 Å². The van der Waals surface area contributed by atoms with Gasteiger partial charge in [-0.1, -0.05) is 46.4 Å². The molecule has 1 aliphatic heterocycles. The highest BCUT2D eigenvalue weighted by atomic mass is 79.9. The molecule has 0 amide bonds. The minimum Gasteiger partial charge on any atom is -0.314 e. The Morgan fingerprint density at radius 1 is 1.20 bits per heavy atom. The van der Waals surface area contributed by atoms with Crippen molar-refractivity contribution in [2.24, 2.45) is 5.92 Å². The summed E-state index contributed by atoms with van der Waals surface area (Å²) in [5.41, 5.74) is 1.42. The number of piperazine rings is 1. The van der Waals surface area contributed by atoms with Gasteiger partial charge in [-0.15, -0.1) is 0 Å². The lowest BCUT2D eigenvalue weighted by Gasteiger charge is -2.39. The molecule has 1 heterocycles. The summed E-state index contributed by atoms with van der Waals surface area (Å²) in [6.45, 7) is 4.51. The van der Waals surface area contributed by atoms with Crippen molar-refractivity contribution in [2.75, 3.05) is 26.2 Å². The van der Waals surface area contributed by atoms with Gasteiger partial charge in [-0.2, -0.15) is 0 Å². The molecule has 2 aliphatic rings. The molecule has 0 aromatic heterocycles. The van der Waals surface area contributed by atoms with Crippen molar-refractivity contribution in [3.63, 3.8) is 0 Å². The lowest BCUT2D eigenvalue weighted by molar-refractivity contribution is 0.125. The molecule has 1 aliphatic carbocycles. The molecule has 110 valence electrons. The quantitative estimate of drug-likeness (QED) is 0.870. The number of hydrogen-bond donors (Lipinski definition) is 1. The first kappa shape index (κ1) is 14.8. The molecule has 1 atom stereocenters. The Hall–Kier alpha value is -0.0900. The van der Waals surface area contributed by atoms with Gasteiger partial charge in [-0.05, 0) is 36.5 Å². The van der Waals surface area contributed by atoms with Crippen LogP contribution in [0.1, 0.15) is 37.3 Å². The Morgan fingerprint density at radius 2 is 1.90 bits per heavy atom. The zero-order valence-corrected chi connectivity index (χ0v) is 14.1. The maximum atomic E-state index is 6.11. The van der Waals surface area contributed by atoms with Crippen LogP contribution in [0.2, 0.25) is 5.02 Å². The van der Waals surface area contributed by atoms with Crippen LogP contribution in [0.3, 0.4) is 0 Å². The van der Waals surface area contributed by atoms with Crippen LogP contribution in [0.15, 0.2) is 22.7 Å². The fourth-order valence-corrected chi connectivity index (χ4v) is 4.64. The minimum atomic E-state index is 0.547. The van der Waals surface area contributed by atoms with Crippen LogP contribution >= 0.6 is 27.5 Å². The number of nitrogens with one attached hydrogen (secondary N) is 1. The Balaban J connectivity index is 1.90. The van der Waals surface area contributed by atoms with Crippen molar-refractivity contribution in [2.45, 2.75) is 31.7 Å². The van der Waals surface area contributed by atoms with Crippen molar-refractivity contribution in [1.29, 1.82) is 0 Å². The van der Waals surface area contributed by atoms with Crippen molar-refractivity contribution in [1.82, 2.24) is 10.2 Å². The second-order valence-corrected chi connectivity index (χ2v) is 7.23. The van der Waals surface area contributed by atoms with Gasteiger partial charge >= 0.3 is 0 Å². The number of rotatable bonds is 3. The highest BCUT2D eigenvalue weighted by Crippen LogP contribution is 2.42. The summed E-state index contributed by atoms with van der Waals surface area (Å²) < 4.78 is 1.17. The molecule has 1 aromatic carbocycles. The van der Waals surface area contributed by atoms with Gasteiger partial charge in [0.1, 0.15) is 0 Å². The fourth-order valence-electron chi connectivity index (χ4n) is 3.72. The molecule has 1 N–H and O–H groups in total. The number of benzene rings is 1. The van der Waals surface area contributed by atoms with Crippen LogP contribution in [0, 0.1) is 5.92 Å². The third kappa shape index (κ3) is 3.22. The smallest absolute Gasteiger partial charge is 0.0417 e. The van der Waals surface area contributed by atoms with E-state index in [9.17, 15) is 0 Å². The topological polar surface area (TPSA) is 15.3 Å². The number of hydrogen-bond acceptors (Lipinski definition) is 2. The number of nitrogens with zero attached hydrogens (tertiary/aromatic N) is 1. The van der Waals surface area contributed by atoms with E-state index >= 15 is 0 Å². The van der Waals surface area contributed by atoms with Gasteiger partial charge in [0, 0.05) is 41.7 Å².